The van der Waals surface area contributed by atoms with E-state index in [4.69, 9.17) is 5.73 Å². The van der Waals surface area contributed by atoms with Gasteiger partial charge in [-0.3, -0.25) is 9.78 Å². The highest BCUT2D eigenvalue weighted by molar-refractivity contribution is 5.81. The van der Waals surface area contributed by atoms with Gasteiger partial charge in [0.05, 0.1) is 18.2 Å². The van der Waals surface area contributed by atoms with Crippen LogP contribution in [0.15, 0.2) is 31.0 Å². The summed E-state index contributed by atoms with van der Waals surface area (Å²) in [5.41, 5.74) is 8.11. The topological polar surface area (TPSA) is 77.0 Å². The second-order valence-corrected chi connectivity index (χ2v) is 4.56. The summed E-state index contributed by atoms with van der Waals surface area (Å²) in [4.78, 5) is 21.8. The SMILES string of the molecule is CC(C(=O)N(C)C)n1cncc1-c1cnccc1N. The molecule has 1 atom stereocenters. The Labute approximate surface area is 111 Å². The lowest BCUT2D eigenvalue weighted by atomic mass is 10.1. The van der Waals surface area contributed by atoms with Crippen LogP contribution in [0.4, 0.5) is 5.69 Å². The van der Waals surface area contributed by atoms with E-state index in [-0.39, 0.29) is 11.9 Å². The maximum atomic E-state index is 12.0. The van der Waals surface area contributed by atoms with Gasteiger partial charge < -0.3 is 15.2 Å². The second kappa shape index (κ2) is 5.09. The zero-order valence-corrected chi connectivity index (χ0v) is 11.2. The van der Waals surface area contributed by atoms with Crippen LogP contribution in [0.5, 0.6) is 0 Å². The third-order valence-electron chi connectivity index (χ3n) is 3.01. The summed E-state index contributed by atoms with van der Waals surface area (Å²) in [6.07, 6.45) is 6.63. The quantitative estimate of drug-likeness (QED) is 0.897. The Morgan fingerprint density at radius 1 is 1.37 bits per heavy atom. The molecular weight excluding hydrogens is 242 g/mol. The van der Waals surface area contributed by atoms with Gasteiger partial charge in [0.2, 0.25) is 5.91 Å². The van der Waals surface area contributed by atoms with E-state index in [0.717, 1.165) is 11.3 Å². The van der Waals surface area contributed by atoms with Crippen LogP contribution in [-0.4, -0.2) is 39.4 Å². The summed E-state index contributed by atoms with van der Waals surface area (Å²) in [5.74, 6) is 0.00158. The van der Waals surface area contributed by atoms with Gasteiger partial charge >= 0.3 is 0 Å². The van der Waals surface area contributed by atoms with Crippen LogP contribution in [0.1, 0.15) is 13.0 Å². The number of hydrogen-bond donors (Lipinski definition) is 1. The van der Waals surface area contributed by atoms with Crippen molar-refractivity contribution in [2.75, 3.05) is 19.8 Å². The van der Waals surface area contributed by atoms with Gasteiger partial charge in [-0.1, -0.05) is 0 Å². The largest absolute Gasteiger partial charge is 0.398 e. The average molecular weight is 259 g/mol. The third-order valence-corrected chi connectivity index (χ3v) is 3.01. The van der Waals surface area contributed by atoms with Gasteiger partial charge in [0.1, 0.15) is 6.04 Å². The molecule has 2 rings (SSSR count). The first-order valence-electron chi connectivity index (χ1n) is 5.95. The van der Waals surface area contributed by atoms with Gasteiger partial charge in [0.25, 0.3) is 0 Å². The van der Waals surface area contributed by atoms with E-state index >= 15 is 0 Å². The molecule has 0 aromatic carbocycles. The Balaban J connectivity index is 2.44. The van der Waals surface area contributed by atoms with Crippen molar-refractivity contribution < 1.29 is 4.79 Å². The number of pyridine rings is 1. The molecule has 0 saturated carbocycles. The molecule has 0 aliphatic heterocycles. The van der Waals surface area contributed by atoms with Gasteiger partial charge in [0, 0.05) is 37.7 Å². The van der Waals surface area contributed by atoms with Gasteiger partial charge in [-0.05, 0) is 13.0 Å². The number of amides is 1. The van der Waals surface area contributed by atoms with Gasteiger partial charge in [-0.25, -0.2) is 4.98 Å². The van der Waals surface area contributed by atoms with Crippen LogP contribution in [-0.2, 0) is 4.79 Å². The highest BCUT2D eigenvalue weighted by atomic mass is 16.2. The average Bonchev–Trinajstić information content (AvgIpc) is 2.86. The Morgan fingerprint density at radius 3 is 2.74 bits per heavy atom. The second-order valence-electron chi connectivity index (χ2n) is 4.56. The maximum absolute atomic E-state index is 12.0. The van der Waals surface area contributed by atoms with E-state index < -0.39 is 0 Å². The van der Waals surface area contributed by atoms with Crippen LogP contribution in [0.25, 0.3) is 11.3 Å². The number of likely N-dealkylation sites (N-methyl/N-ethyl adjacent to an activating group) is 1. The summed E-state index contributed by atoms with van der Waals surface area (Å²) in [6, 6.07) is 1.39. The zero-order chi connectivity index (χ0) is 14.0. The van der Waals surface area contributed by atoms with Crippen LogP contribution in [0.2, 0.25) is 0 Å². The molecule has 0 spiro atoms. The fourth-order valence-electron chi connectivity index (χ4n) is 1.93. The van der Waals surface area contributed by atoms with E-state index in [1.54, 1.807) is 54.5 Å². The lowest BCUT2D eigenvalue weighted by Gasteiger charge is -2.20. The molecule has 0 bridgehead atoms. The van der Waals surface area contributed by atoms with Crippen molar-refractivity contribution in [3.8, 4) is 11.3 Å². The summed E-state index contributed by atoms with van der Waals surface area (Å²) >= 11 is 0. The molecule has 1 unspecified atom stereocenters. The number of anilines is 1. The normalized spacial score (nSPS) is 12.2. The molecule has 2 heterocycles. The van der Waals surface area contributed by atoms with Crippen molar-refractivity contribution in [3.05, 3.63) is 31.0 Å². The Morgan fingerprint density at radius 2 is 2.11 bits per heavy atom. The molecule has 0 radical (unpaired) electrons. The van der Waals surface area contributed by atoms with Gasteiger partial charge in [0.15, 0.2) is 0 Å². The number of hydrogen-bond acceptors (Lipinski definition) is 4. The first-order chi connectivity index (χ1) is 9.02. The number of nitrogen functional groups attached to an aromatic ring is 1. The summed E-state index contributed by atoms with van der Waals surface area (Å²) < 4.78 is 1.80. The number of nitrogens with two attached hydrogens (primary N) is 1. The molecule has 100 valence electrons. The predicted molar refractivity (Wildman–Crippen MR) is 73.3 cm³/mol. The van der Waals surface area contributed by atoms with Crippen molar-refractivity contribution in [3.63, 3.8) is 0 Å². The molecular formula is C13H17N5O. The van der Waals surface area contributed by atoms with E-state index in [9.17, 15) is 4.79 Å². The molecule has 0 saturated heterocycles. The molecule has 2 aromatic heterocycles. The van der Waals surface area contributed by atoms with E-state index in [0.29, 0.717) is 5.69 Å². The van der Waals surface area contributed by atoms with Crippen molar-refractivity contribution >= 4 is 11.6 Å². The van der Waals surface area contributed by atoms with Crippen molar-refractivity contribution in [2.45, 2.75) is 13.0 Å². The Bertz CT molecular complexity index is 590. The Hall–Kier alpha value is -2.37. The summed E-state index contributed by atoms with van der Waals surface area (Å²) in [5, 5.41) is 0. The first-order valence-corrected chi connectivity index (χ1v) is 5.95. The maximum Gasteiger partial charge on any atom is 0.244 e. The molecule has 2 aromatic rings. The number of carbonyl (C=O) groups is 1. The van der Waals surface area contributed by atoms with Gasteiger partial charge in [-0.15, -0.1) is 0 Å². The van der Waals surface area contributed by atoms with Crippen molar-refractivity contribution in [1.82, 2.24) is 19.4 Å². The minimum absolute atomic E-state index is 0.00158. The number of nitrogens with zero attached hydrogens (tertiary/aromatic N) is 4. The highest BCUT2D eigenvalue weighted by Crippen LogP contribution is 2.26. The number of aromatic nitrogens is 3. The van der Waals surface area contributed by atoms with E-state index in [2.05, 4.69) is 9.97 Å². The molecule has 6 nitrogen and oxygen atoms in total. The van der Waals surface area contributed by atoms with Crippen LogP contribution in [0, 0.1) is 0 Å². The fraction of sp³-hybridized carbons (Fsp3) is 0.308. The molecule has 0 aliphatic rings. The summed E-state index contributed by atoms with van der Waals surface area (Å²) in [6.45, 7) is 1.83. The molecule has 0 aliphatic carbocycles. The minimum Gasteiger partial charge on any atom is -0.398 e. The summed E-state index contributed by atoms with van der Waals surface area (Å²) in [7, 11) is 3.46. The van der Waals surface area contributed by atoms with Crippen LogP contribution in [0.3, 0.4) is 0 Å². The lowest BCUT2D eigenvalue weighted by Crippen LogP contribution is -2.30. The van der Waals surface area contributed by atoms with Crippen molar-refractivity contribution in [1.29, 1.82) is 0 Å². The molecule has 1 amide bonds. The highest BCUT2D eigenvalue weighted by Gasteiger charge is 2.20. The van der Waals surface area contributed by atoms with Crippen LogP contribution < -0.4 is 5.73 Å². The van der Waals surface area contributed by atoms with Crippen LogP contribution >= 0.6 is 0 Å². The molecule has 2 N–H and O–H groups in total. The Kier molecular flexibility index (Phi) is 3.50. The zero-order valence-electron chi connectivity index (χ0n) is 11.2. The van der Waals surface area contributed by atoms with Gasteiger partial charge in [-0.2, -0.15) is 0 Å². The van der Waals surface area contributed by atoms with E-state index in [1.165, 1.54) is 0 Å². The molecule has 19 heavy (non-hydrogen) atoms. The number of imidazole rings is 1. The number of rotatable bonds is 3. The minimum atomic E-state index is -0.341. The first kappa shape index (κ1) is 13.1. The standard InChI is InChI=1S/C13H17N5O/c1-9(13(19)17(2)3)18-8-16-7-12(18)10-6-15-5-4-11(10)14/h4-9H,1-3H3,(H2,14,15). The number of carbonyl (C=O) groups excluding carboxylic acids is 1. The van der Waals surface area contributed by atoms with E-state index in [1.807, 2.05) is 6.92 Å². The third kappa shape index (κ3) is 2.42. The lowest BCUT2D eigenvalue weighted by molar-refractivity contribution is -0.131. The van der Waals surface area contributed by atoms with Crippen molar-refractivity contribution in [2.24, 2.45) is 0 Å². The molecule has 6 heteroatoms. The fourth-order valence-corrected chi connectivity index (χ4v) is 1.93. The monoisotopic (exact) mass is 259 g/mol. The molecule has 0 fully saturated rings. The smallest absolute Gasteiger partial charge is 0.244 e. The predicted octanol–water partition coefficient (Wildman–Crippen LogP) is 1.18.